The second-order valence-corrected chi connectivity index (χ2v) is 7.73. The van der Waals surface area contributed by atoms with Crippen LogP contribution in [-0.4, -0.2) is 29.0 Å². The van der Waals surface area contributed by atoms with Gasteiger partial charge < -0.3 is 19.0 Å². The molecule has 0 aliphatic carbocycles. The summed E-state index contributed by atoms with van der Waals surface area (Å²) in [6.07, 6.45) is 0.858. The largest absolute Gasteiger partial charge is 0.489 e. The Morgan fingerprint density at radius 3 is 2.64 bits per heavy atom. The van der Waals surface area contributed by atoms with Gasteiger partial charge in [0.2, 0.25) is 0 Å². The number of aryl methyl sites for hydroxylation is 1. The molecule has 1 spiro atoms. The summed E-state index contributed by atoms with van der Waals surface area (Å²) in [5, 5.41) is 11.6. The lowest BCUT2D eigenvalue weighted by molar-refractivity contribution is -0.362. The lowest BCUT2D eigenvalue weighted by Gasteiger charge is -2.64. The van der Waals surface area contributed by atoms with Crippen LogP contribution in [0.5, 0.6) is 5.75 Å². The maximum Gasteiger partial charge on any atom is 0.344 e. The molecular formula is C20H22O5. The zero-order valence-corrected chi connectivity index (χ0v) is 14.9. The Morgan fingerprint density at radius 1 is 1.32 bits per heavy atom. The average molecular weight is 342 g/mol. The Bertz CT molecular complexity index is 956. The third kappa shape index (κ3) is 1.77. The zero-order valence-electron chi connectivity index (χ0n) is 14.9. The second kappa shape index (κ2) is 4.74. The summed E-state index contributed by atoms with van der Waals surface area (Å²) in [4.78, 5) is 12.8. The van der Waals surface area contributed by atoms with Gasteiger partial charge in [-0.2, -0.15) is 0 Å². The fourth-order valence-corrected chi connectivity index (χ4v) is 4.38. The van der Waals surface area contributed by atoms with Gasteiger partial charge in [-0.25, -0.2) is 4.79 Å². The molecular weight excluding hydrogens is 320 g/mol. The molecule has 132 valence electrons. The second-order valence-electron chi connectivity index (χ2n) is 7.73. The highest BCUT2D eigenvalue weighted by molar-refractivity contribution is 5.88. The summed E-state index contributed by atoms with van der Waals surface area (Å²) in [5.74, 6) is 0.498. The van der Waals surface area contributed by atoms with Crippen molar-refractivity contribution in [2.75, 3.05) is 6.61 Å². The van der Waals surface area contributed by atoms with Crippen LogP contribution in [0.25, 0.3) is 11.0 Å². The van der Waals surface area contributed by atoms with Crippen molar-refractivity contribution in [1.82, 2.24) is 0 Å². The molecule has 0 radical (unpaired) electrons. The third-order valence-electron chi connectivity index (χ3n) is 5.88. The van der Waals surface area contributed by atoms with Crippen molar-refractivity contribution in [2.24, 2.45) is 0 Å². The molecule has 1 aromatic carbocycles. The van der Waals surface area contributed by atoms with E-state index in [1.807, 2.05) is 39.8 Å². The van der Waals surface area contributed by atoms with Gasteiger partial charge in [0, 0.05) is 0 Å². The van der Waals surface area contributed by atoms with Crippen LogP contribution in [0.1, 0.15) is 31.9 Å². The van der Waals surface area contributed by atoms with E-state index in [-0.39, 0.29) is 6.61 Å². The topological polar surface area (TPSA) is 68.9 Å². The van der Waals surface area contributed by atoms with Crippen LogP contribution in [0.2, 0.25) is 0 Å². The molecule has 1 N–H and O–H groups in total. The molecule has 4 rings (SSSR count). The predicted molar refractivity (Wildman–Crippen MR) is 94.2 cm³/mol. The number of rotatable bonds is 1. The highest BCUT2D eigenvalue weighted by Gasteiger charge is 2.71. The van der Waals surface area contributed by atoms with E-state index in [1.54, 1.807) is 12.1 Å². The van der Waals surface area contributed by atoms with Gasteiger partial charge in [-0.05, 0) is 39.3 Å². The highest BCUT2D eigenvalue weighted by atomic mass is 16.6. The highest BCUT2D eigenvalue weighted by Crippen LogP contribution is 2.57. The van der Waals surface area contributed by atoms with Gasteiger partial charge in [-0.3, -0.25) is 0 Å². The lowest BCUT2D eigenvalue weighted by atomic mass is 9.59. The summed E-state index contributed by atoms with van der Waals surface area (Å²) in [5.41, 5.74) is -1.40. The molecule has 0 bridgehead atoms. The Kier molecular flexibility index (Phi) is 3.10. The number of benzene rings is 1. The van der Waals surface area contributed by atoms with E-state index in [0.717, 1.165) is 10.9 Å². The third-order valence-corrected chi connectivity index (χ3v) is 5.88. The molecule has 25 heavy (non-hydrogen) atoms. The molecule has 0 amide bonds. The van der Waals surface area contributed by atoms with Crippen molar-refractivity contribution in [1.29, 1.82) is 0 Å². The first kappa shape index (κ1) is 16.4. The number of hydrogen-bond acceptors (Lipinski definition) is 5. The van der Waals surface area contributed by atoms with Gasteiger partial charge in [0.15, 0.2) is 0 Å². The van der Waals surface area contributed by atoms with Crippen LogP contribution in [-0.2, 0) is 10.2 Å². The van der Waals surface area contributed by atoms with E-state index < -0.39 is 28.3 Å². The van der Waals surface area contributed by atoms with Crippen LogP contribution in [0.15, 0.2) is 40.1 Å². The minimum atomic E-state index is -1.06. The fourth-order valence-electron chi connectivity index (χ4n) is 4.38. The minimum Gasteiger partial charge on any atom is -0.489 e. The molecule has 1 saturated heterocycles. The van der Waals surface area contributed by atoms with Gasteiger partial charge in [0.05, 0.1) is 22.0 Å². The number of hydrogen-bond donors (Lipinski definition) is 1. The Morgan fingerprint density at radius 2 is 2.04 bits per heavy atom. The molecule has 2 aromatic rings. The monoisotopic (exact) mass is 342 g/mol. The molecule has 3 unspecified atom stereocenters. The summed E-state index contributed by atoms with van der Waals surface area (Å²) in [6.45, 7) is 11.5. The van der Waals surface area contributed by atoms with Crippen LogP contribution < -0.4 is 10.4 Å². The molecule has 2 aliphatic heterocycles. The van der Waals surface area contributed by atoms with Crippen molar-refractivity contribution < 1.29 is 19.0 Å². The molecule has 3 heterocycles. The van der Waals surface area contributed by atoms with E-state index in [9.17, 15) is 9.90 Å². The van der Waals surface area contributed by atoms with Crippen molar-refractivity contribution in [2.45, 2.75) is 50.4 Å². The first-order chi connectivity index (χ1) is 11.7. The van der Waals surface area contributed by atoms with Gasteiger partial charge in [-0.1, -0.05) is 18.2 Å². The average Bonchev–Trinajstić information content (AvgIpc) is 2.56. The van der Waals surface area contributed by atoms with Crippen molar-refractivity contribution >= 4 is 11.0 Å². The predicted octanol–water partition coefficient (Wildman–Crippen LogP) is 2.85. The normalized spacial score (nSPS) is 32.8. The van der Waals surface area contributed by atoms with Crippen LogP contribution in [0.3, 0.4) is 0 Å². The maximum absolute atomic E-state index is 12.8. The number of aliphatic hydroxyl groups excluding tert-OH is 1. The Balaban J connectivity index is 2.05. The molecule has 2 aliphatic rings. The fraction of sp³-hybridized carbons (Fsp3) is 0.450. The molecule has 5 heteroatoms. The Hall–Kier alpha value is -2.11. The van der Waals surface area contributed by atoms with Gasteiger partial charge in [0.25, 0.3) is 0 Å². The van der Waals surface area contributed by atoms with Gasteiger partial charge in [0.1, 0.15) is 29.6 Å². The summed E-state index contributed by atoms with van der Waals surface area (Å²) >= 11 is 0. The van der Waals surface area contributed by atoms with Crippen LogP contribution in [0, 0.1) is 6.92 Å². The molecule has 3 atom stereocenters. The SMILES string of the molecule is C=CC1(C)c2c(c3c(C)cccc3oc2=O)OCC12OC(C)(C)C2O. The number of fused-ring (bicyclic) bond motifs is 3. The van der Waals surface area contributed by atoms with Gasteiger partial charge in [-0.15, -0.1) is 6.58 Å². The van der Waals surface area contributed by atoms with E-state index in [0.29, 0.717) is 16.9 Å². The summed E-state index contributed by atoms with van der Waals surface area (Å²) in [7, 11) is 0. The molecule has 1 fully saturated rings. The van der Waals surface area contributed by atoms with E-state index in [2.05, 4.69) is 6.58 Å². The van der Waals surface area contributed by atoms with Crippen molar-refractivity contribution in [3.05, 3.63) is 52.4 Å². The first-order valence-corrected chi connectivity index (χ1v) is 8.39. The van der Waals surface area contributed by atoms with Crippen LogP contribution in [0.4, 0.5) is 0 Å². The van der Waals surface area contributed by atoms with Gasteiger partial charge >= 0.3 is 5.63 Å². The lowest BCUT2D eigenvalue weighted by Crippen LogP contribution is -2.80. The Labute approximate surface area is 145 Å². The smallest absolute Gasteiger partial charge is 0.344 e. The van der Waals surface area contributed by atoms with E-state index in [1.165, 1.54) is 0 Å². The van der Waals surface area contributed by atoms with Crippen molar-refractivity contribution in [3.63, 3.8) is 0 Å². The molecule has 1 aromatic heterocycles. The maximum atomic E-state index is 12.8. The van der Waals surface area contributed by atoms with E-state index >= 15 is 0 Å². The van der Waals surface area contributed by atoms with E-state index in [4.69, 9.17) is 13.9 Å². The summed E-state index contributed by atoms with van der Waals surface area (Å²) < 4.78 is 17.7. The summed E-state index contributed by atoms with van der Waals surface area (Å²) in [6, 6.07) is 5.53. The standard InChI is InChI=1S/C20H22O5/c1-6-19(5)14-15(23-10-20(19)17(22)18(3,4)25-20)13-11(2)8-7-9-12(13)24-16(14)21/h6-9,17,22H,1,10H2,2-5H3. The zero-order chi connectivity index (χ0) is 18.2. The van der Waals surface area contributed by atoms with Crippen molar-refractivity contribution in [3.8, 4) is 5.75 Å². The quantitative estimate of drug-likeness (QED) is 0.637. The number of aliphatic hydroxyl groups is 1. The molecule has 0 saturated carbocycles. The molecule has 5 nitrogen and oxygen atoms in total. The first-order valence-electron chi connectivity index (χ1n) is 8.39. The minimum absolute atomic E-state index is 0.139. The number of ether oxygens (including phenoxy) is 2. The van der Waals surface area contributed by atoms with Crippen LogP contribution >= 0.6 is 0 Å².